The van der Waals surface area contributed by atoms with Gasteiger partial charge in [-0.1, -0.05) is 0 Å². The molecule has 0 aliphatic carbocycles. The lowest BCUT2D eigenvalue weighted by Crippen LogP contribution is -2.13. The Labute approximate surface area is 288 Å². The number of esters is 3. The topological polar surface area (TPSA) is 133 Å². The van der Waals surface area contributed by atoms with Crippen LogP contribution in [0.5, 0.6) is 17.2 Å². The number of halogens is 4. The Kier molecular flexibility index (Phi) is 10.6. The van der Waals surface area contributed by atoms with Gasteiger partial charge in [0.25, 0.3) is 10.1 Å². The van der Waals surface area contributed by atoms with Gasteiger partial charge in [-0.3, -0.25) is 4.55 Å². The number of carbonyl (C=O) groups is 3. The summed E-state index contributed by atoms with van der Waals surface area (Å²) in [6.07, 6.45) is 0. The number of hydrogen-bond donors (Lipinski definition) is 1. The van der Waals surface area contributed by atoms with Crippen molar-refractivity contribution in [3.63, 3.8) is 0 Å². The molecule has 0 aliphatic rings. The maximum Gasteiger partial charge on any atom is 0.343 e. The van der Waals surface area contributed by atoms with Gasteiger partial charge in [0.15, 0.2) is 0 Å². The summed E-state index contributed by atoms with van der Waals surface area (Å²) in [5.74, 6) is -2.49. The lowest BCUT2D eigenvalue weighted by atomic mass is 10.2. The molecule has 4 aromatic rings. The molecule has 0 aliphatic heterocycles. The summed E-state index contributed by atoms with van der Waals surface area (Å²) >= 11 is 7.58. The fourth-order valence-corrected chi connectivity index (χ4v) is 8.08. The third kappa shape index (κ3) is 8.58. The molecule has 0 fully saturated rings. The second-order valence-electron chi connectivity index (χ2n) is 8.07. The molecule has 210 valence electrons. The van der Waals surface area contributed by atoms with Crippen LogP contribution in [0.4, 0.5) is 0 Å². The van der Waals surface area contributed by atoms with Crippen molar-refractivity contribution in [2.45, 2.75) is 4.90 Å². The van der Waals surface area contributed by atoms with Gasteiger partial charge in [0, 0.05) is 32.5 Å². The first-order chi connectivity index (χ1) is 19.3. The maximum atomic E-state index is 13.0. The van der Waals surface area contributed by atoms with Crippen molar-refractivity contribution in [1.82, 2.24) is 0 Å². The molecule has 0 saturated heterocycles. The second kappa shape index (κ2) is 13.6. The molecule has 0 amide bonds. The van der Waals surface area contributed by atoms with Crippen LogP contribution in [-0.2, 0) is 10.1 Å². The van der Waals surface area contributed by atoms with E-state index in [0.29, 0.717) is 0 Å². The Bertz CT molecular complexity index is 1670. The van der Waals surface area contributed by atoms with Crippen molar-refractivity contribution >= 4 is 118 Å². The van der Waals surface area contributed by atoms with Crippen molar-refractivity contribution in [2.24, 2.45) is 0 Å². The number of ether oxygens (including phenoxy) is 3. The van der Waals surface area contributed by atoms with Gasteiger partial charge in [-0.25, -0.2) is 14.4 Å². The van der Waals surface area contributed by atoms with Crippen LogP contribution in [0.2, 0.25) is 0 Å². The predicted molar refractivity (Wildman–Crippen MR) is 181 cm³/mol. The van der Waals surface area contributed by atoms with Crippen LogP contribution in [-0.4, -0.2) is 30.9 Å². The average molecular weight is 1020 g/mol. The standard InChI is InChI=1S/C27H14I4O9S/c28-17-5-1-14(2-6-17)25(32)38-19-11-20(39-26(33)15-3-7-18(29)8-4-15)13-21(12-19)40-27(34)16-9-22(30)24(23(31)10-16)41(35,36)37/h1-13H,(H,35,36,37). The number of rotatable bonds is 7. The Morgan fingerprint density at radius 1 is 0.537 bits per heavy atom. The third-order valence-electron chi connectivity index (χ3n) is 5.14. The summed E-state index contributed by atoms with van der Waals surface area (Å²) in [4.78, 5) is 38.2. The van der Waals surface area contributed by atoms with E-state index in [1.54, 1.807) is 93.7 Å². The van der Waals surface area contributed by atoms with E-state index in [1.165, 1.54) is 30.3 Å². The SMILES string of the molecule is O=C(Oc1cc(OC(=O)c2ccc(I)cc2)cc(OC(=O)c2cc(I)c(S(=O)(=O)O)c(I)c2)c1)c1ccc(I)cc1. The van der Waals surface area contributed by atoms with E-state index in [-0.39, 0.29) is 46.0 Å². The highest BCUT2D eigenvalue weighted by atomic mass is 127. The average Bonchev–Trinajstić information content (AvgIpc) is 2.88. The molecule has 0 atom stereocenters. The van der Waals surface area contributed by atoms with Crippen LogP contribution in [0.1, 0.15) is 31.1 Å². The van der Waals surface area contributed by atoms with Crippen LogP contribution in [0.25, 0.3) is 0 Å². The van der Waals surface area contributed by atoms with Gasteiger partial charge in [-0.05, 0) is 151 Å². The summed E-state index contributed by atoms with van der Waals surface area (Å²) < 4.78 is 51.3. The third-order valence-corrected chi connectivity index (χ3v) is 9.96. The molecule has 41 heavy (non-hydrogen) atoms. The Hall–Kier alpha value is -1.88. The highest BCUT2D eigenvalue weighted by Gasteiger charge is 2.22. The van der Waals surface area contributed by atoms with Crippen LogP contribution >= 0.6 is 90.4 Å². The van der Waals surface area contributed by atoms with Crippen molar-refractivity contribution in [3.05, 3.63) is 110 Å². The number of hydrogen-bond acceptors (Lipinski definition) is 8. The van der Waals surface area contributed by atoms with E-state index in [0.717, 1.165) is 7.14 Å². The van der Waals surface area contributed by atoms with Gasteiger partial charge in [0.05, 0.1) is 16.7 Å². The zero-order valence-electron chi connectivity index (χ0n) is 20.1. The minimum Gasteiger partial charge on any atom is -0.423 e. The van der Waals surface area contributed by atoms with Crippen molar-refractivity contribution in [2.75, 3.05) is 0 Å². The van der Waals surface area contributed by atoms with Gasteiger partial charge >= 0.3 is 17.9 Å². The van der Waals surface area contributed by atoms with E-state index in [4.69, 9.17) is 14.2 Å². The Morgan fingerprint density at radius 3 is 1.17 bits per heavy atom. The number of benzene rings is 4. The number of carbonyl (C=O) groups excluding carboxylic acids is 3. The van der Waals surface area contributed by atoms with Crippen molar-refractivity contribution < 1.29 is 41.6 Å². The highest BCUT2D eigenvalue weighted by molar-refractivity contribution is 14.1. The molecule has 14 heteroatoms. The molecule has 0 unspecified atom stereocenters. The first kappa shape index (κ1) is 32.0. The molecule has 4 aromatic carbocycles. The fraction of sp³-hybridized carbons (Fsp3) is 0. The molecule has 0 radical (unpaired) electrons. The van der Waals surface area contributed by atoms with Crippen LogP contribution < -0.4 is 14.2 Å². The predicted octanol–water partition coefficient (Wildman–Crippen LogP) is 7.01. The minimum atomic E-state index is -4.52. The van der Waals surface area contributed by atoms with Gasteiger partial charge in [-0.2, -0.15) is 8.42 Å². The van der Waals surface area contributed by atoms with Gasteiger partial charge < -0.3 is 14.2 Å². The molecule has 0 bridgehead atoms. The summed E-state index contributed by atoms with van der Waals surface area (Å²) in [6, 6.07) is 19.6. The second-order valence-corrected chi connectivity index (χ2v) is 14.2. The van der Waals surface area contributed by atoms with E-state index in [1.807, 2.05) is 0 Å². The van der Waals surface area contributed by atoms with E-state index in [2.05, 4.69) is 45.2 Å². The molecule has 0 spiro atoms. The van der Waals surface area contributed by atoms with Crippen LogP contribution in [0, 0.1) is 14.3 Å². The van der Waals surface area contributed by atoms with Crippen LogP contribution in [0.3, 0.4) is 0 Å². The molecule has 0 saturated carbocycles. The lowest BCUT2D eigenvalue weighted by Gasteiger charge is -2.12. The minimum absolute atomic E-state index is 0.00933. The largest absolute Gasteiger partial charge is 0.423 e. The van der Waals surface area contributed by atoms with Crippen LogP contribution in [0.15, 0.2) is 83.8 Å². The van der Waals surface area contributed by atoms with Crippen molar-refractivity contribution in [1.29, 1.82) is 0 Å². The summed E-state index contributed by atoms with van der Waals surface area (Å²) in [6.45, 7) is 0. The van der Waals surface area contributed by atoms with Gasteiger partial charge in [0.2, 0.25) is 0 Å². The Morgan fingerprint density at radius 2 is 0.854 bits per heavy atom. The summed E-state index contributed by atoms with van der Waals surface area (Å²) in [5.41, 5.74) is 0.534. The van der Waals surface area contributed by atoms with Gasteiger partial charge in [0.1, 0.15) is 22.1 Å². The molecule has 0 heterocycles. The smallest absolute Gasteiger partial charge is 0.343 e. The fourth-order valence-electron chi connectivity index (χ4n) is 3.32. The highest BCUT2D eigenvalue weighted by Crippen LogP contribution is 2.31. The van der Waals surface area contributed by atoms with E-state index in [9.17, 15) is 27.4 Å². The zero-order valence-corrected chi connectivity index (χ0v) is 29.6. The quantitative estimate of drug-likeness (QED) is 0.0899. The molecular weight excluding hydrogens is 1010 g/mol. The lowest BCUT2D eigenvalue weighted by molar-refractivity contribution is 0.0730. The molecule has 1 N–H and O–H groups in total. The molecule has 0 aromatic heterocycles. The first-order valence-electron chi connectivity index (χ1n) is 11.1. The maximum absolute atomic E-state index is 13.0. The van der Waals surface area contributed by atoms with Gasteiger partial charge in [-0.15, -0.1) is 0 Å². The summed E-state index contributed by atoms with van der Waals surface area (Å²) in [7, 11) is -4.52. The zero-order chi connectivity index (χ0) is 29.9. The van der Waals surface area contributed by atoms with Crippen molar-refractivity contribution in [3.8, 4) is 17.2 Å². The monoisotopic (exact) mass is 1020 g/mol. The summed E-state index contributed by atoms with van der Waals surface area (Å²) in [5, 5.41) is 0. The molecule has 4 rings (SSSR count). The molecular formula is C27H14I4O9S. The van der Waals surface area contributed by atoms with E-state index >= 15 is 0 Å². The van der Waals surface area contributed by atoms with E-state index < -0.39 is 28.0 Å². The normalized spacial score (nSPS) is 11.0. The molecule has 9 nitrogen and oxygen atoms in total. The Balaban J connectivity index is 1.65. The first-order valence-corrected chi connectivity index (χ1v) is 16.8.